The second-order valence-electron chi connectivity index (χ2n) is 5.12. The van der Waals surface area contributed by atoms with Gasteiger partial charge in [0.05, 0.1) is 0 Å². The number of benzene rings is 2. The van der Waals surface area contributed by atoms with Crippen LogP contribution in [0.15, 0.2) is 48.5 Å². The first-order valence-corrected chi connectivity index (χ1v) is 6.42. The Kier molecular flexibility index (Phi) is 2.75. The molecule has 0 amide bonds. The fourth-order valence-corrected chi connectivity index (χ4v) is 2.77. The molecule has 1 atom stereocenters. The molecule has 1 unspecified atom stereocenters. The van der Waals surface area contributed by atoms with E-state index in [-0.39, 0.29) is 5.92 Å². The fraction of sp³-hybridized carbons (Fsp3) is 0.235. The normalized spacial score (nSPS) is 17.8. The maximum absolute atomic E-state index is 12.3. The van der Waals surface area contributed by atoms with Crippen molar-refractivity contribution in [2.24, 2.45) is 5.92 Å². The van der Waals surface area contributed by atoms with Crippen molar-refractivity contribution in [3.63, 3.8) is 0 Å². The highest BCUT2D eigenvalue weighted by Crippen LogP contribution is 2.29. The van der Waals surface area contributed by atoms with Crippen molar-refractivity contribution in [1.82, 2.24) is 0 Å². The molecule has 0 radical (unpaired) electrons. The average molecular weight is 236 g/mol. The van der Waals surface area contributed by atoms with E-state index in [1.807, 2.05) is 30.3 Å². The molecule has 0 aliphatic heterocycles. The summed E-state index contributed by atoms with van der Waals surface area (Å²) >= 11 is 0. The van der Waals surface area contributed by atoms with Gasteiger partial charge in [-0.1, -0.05) is 54.1 Å². The van der Waals surface area contributed by atoms with Crippen molar-refractivity contribution in [3.05, 3.63) is 70.8 Å². The van der Waals surface area contributed by atoms with E-state index in [0.29, 0.717) is 5.78 Å². The first-order chi connectivity index (χ1) is 8.74. The molecule has 1 aliphatic rings. The molecular weight excluding hydrogens is 220 g/mol. The zero-order valence-electron chi connectivity index (χ0n) is 10.5. The standard InChI is InChI=1S/C17H16O/c1-12-7-8-16-14(9-12)11-15(17(16)18)10-13-5-3-2-4-6-13/h2-9,15H,10-11H2,1H3. The highest BCUT2D eigenvalue weighted by atomic mass is 16.1. The average Bonchev–Trinajstić information content (AvgIpc) is 2.67. The van der Waals surface area contributed by atoms with Crippen LogP contribution in [0, 0.1) is 12.8 Å². The molecule has 1 nitrogen and oxygen atoms in total. The van der Waals surface area contributed by atoms with E-state index in [0.717, 1.165) is 18.4 Å². The Hall–Kier alpha value is -1.89. The Morgan fingerprint density at radius 1 is 1.11 bits per heavy atom. The quantitative estimate of drug-likeness (QED) is 0.778. The second-order valence-corrected chi connectivity index (χ2v) is 5.12. The summed E-state index contributed by atoms with van der Waals surface area (Å²) in [4.78, 5) is 12.3. The van der Waals surface area contributed by atoms with E-state index in [4.69, 9.17) is 0 Å². The van der Waals surface area contributed by atoms with Crippen LogP contribution >= 0.6 is 0 Å². The molecular formula is C17H16O. The zero-order valence-corrected chi connectivity index (χ0v) is 10.5. The number of hydrogen-bond donors (Lipinski definition) is 0. The van der Waals surface area contributed by atoms with Crippen LogP contribution < -0.4 is 0 Å². The van der Waals surface area contributed by atoms with Gasteiger partial charge in [-0.15, -0.1) is 0 Å². The van der Waals surface area contributed by atoms with Crippen molar-refractivity contribution in [2.45, 2.75) is 19.8 Å². The van der Waals surface area contributed by atoms with E-state index >= 15 is 0 Å². The summed E-state index contributed by atoms with van der Waals surface area (Å²) in [5.41, 5.74) is 4.64. The highest BCUT2D eigenvalue weighted by molar-refractivity contribution is 6.02. The third kappa shape index (κ3) is 1.97. The maximum atomic E-state index is 12.3. The van der Waals surface area contributed by atoms with E-state index in [9.17, 15) is 4.79 Å². The van der Waals surface area contributed by atoms with Crippen LogP contribution in [0.2, 0.25) is 0 Å². The minimum Gasteiger partial charge on any atom is -0.294 e. The molecule has 1 heteroatoms. The van der Waals surface area contributed by atoms with Gasteiger partial charge in [0.15, 0.2) is 5.78 Å². The van der Waals surface area contributed by atoms with Gasteiger partial charge in [0, 0.05) is 11.5 Å². The van der Waals surface area contributed by atoms with Crippen LogP contribution in [-0.2, 0) is 12.8 Å². The van der Waals surface area contributed by atoms with E-state index in [2.05, 4.69) is 25.1 Å². The molecule has 2 aromatic carbocycles. The third-order valence-corrected chi connectivity index (χ3v) is 3.69. The van der Waals surface area contributed by atoms with Gasteiger partial charge in [-0.2, -0.15) is 0 Å². The monoisotopic (exact) mass is 236 g/mol. The number of carbonyl (C=O) groups is 1. The van der Waals surface area contributed by atoms with Gasteiger partial charge in [-0.05, 0) is 30.9 Å². The number of fused-ring (bicyclic) bond motifs is 1. The van der Waals surface area contributed by atoms with Gasteiger partial charge in [0.2, 0.25) is 0 Å². The Balaban J connectivity index is 1.84. The van der Waals surface area contributed by atoms with Gasteiger partial charge >= 0.3 is 0 Å². The molecule has 0 spiro atoms. The number of aryl methyl sites for hydroxylation is 1. The summed E-state index contributed by atoms with van der Waals surface area (Å²) < 4.78 is 0. The Morgan fingerprint density at radius 2 is 1.89 bits per heavy atom. The van der Waals surface area contributed by atoms with Crippen molar-refractivity contribution in [1.29, 1.82) is 0 Å². The predicted molar refractivity (Wildman–Crippen MR) is 72.8 cm³/mol. The van der Waals surface area contributed by atoms with Gasteiger partial charge < -0.3 is 0 Å². The van der Waals surface area contributed by atoms with Crippen molar-refractivity contribution in [3.8, 4) is 0 Å². The molecule has 0 saturated heterocycles. The van der Waals surface area contributed by atoms with Gasteiger partial charge in [-0.3, -0.25) is 4.79 Å². The summed E-state index contributed by atoms with van der Waals surface area (Å²) in [6, 6.07) is 16.4. The van der Waals surface area contributed by atoms with Crippen LogP contribution in [0.4, 0.5) is 0 Å². The first kappa shape index (κ1) is 11.2. The number of ketones is 1. The molecule has 1 aliphatic carbocycles. The van der Waals surface area contributed by atoms with Crippen LogP contribution in [0.3, 0.4) is 0 Å². The molecule has 0 saturated carbocycles. The largest absolute Gasteiger partial charge is 0.294 e. The summed E-state index contributed by atoms with van der Waals surface area (Å²) in [5.74, 6) is 0.443. The minimum absolute atomic E-state index is 0.129. The molecule has 90 valence electrons. The molecule has 18 heavy (non-hydrogen) atoms. The lowest BCUT2D eigenvalue weighted by Crippen LogP contribution is -2.12. The molecule has 0 N–H and O–H groups in total. The maximum Gasteiger partial charge on any atom is 0.166 e. The lowest BCUT2D eigenvalue weighted by molar-refractivity contribution is 0.0936. The summed E-state index contributed by atoms with van der Waals surface area (Å²) in [6.07, 6.45) is 1.75. The van der Waals surface area contributed by atoms with E-state index in [1.54, 1.807) is 0 Å². The summed E-state index contributed by atoms with van der Waals surface area (Å²) in [5, 5.41) is 0. The predicted octanol–water partition coefficient (Wildman–Crippen LogP) is 3.59. The molecule has 0 bridgehead atoms. The highest BCUT2D eigenvalue weighted by Gasteiger charge is 2.30. The molecule has 0 aromatic heterocycles. The van der Waals surface area contributed by atoms with Crippen LogP contribution in [0.5, 0.6) is 0 Å². The molecule has 3 rings (SSSR count). The number of rotatable bonds is 2. The number of carbonyl (C=O) groups excluding carboxylic acids is 1. The minimum atomic E-state index is 0.129. The van der Waals surface area contributed by atoms with Crippen molar-refractivity contribution >= 4 is 5.78 Å². The van der Waals surface area contributed by atoms with Gasteiger partial charge in [-0.25, -0.2) is 0 Å². The van der Waals surface area contributed by atoms with E-state index in [1.165, 1.54) is 16.7 Å². The smallest absolute Gasteiger partial charge is 0.166 e. The Labute approximate surface area is 107 Å². The van der Waals surface area contributed by atoms with Gasteiger partial charge in [0.25, 0.3) is 0 Å². The fourth-order valence-electron chi connectivity index (χ4n) is 2.77. The number of Topliss-reactive ketones (excluding diaryl/α,β-unsaturated/α-hetero) is 1. The molecule has 0 fully saturated rings. The van der Waals surface area contributed by atoms with Crippen LogP contribution in [-0.4, -0.2) is 5.78 Å². The summed E-state index contributed by atoms with van der Waals surface area (Å²) in [7, 11) is 0. The Bertz CT molecular complexity index is 584. The van der Waals surface area contributed by atoms with Crippen molar-refractivity contribution < 1.29 is 4.79 Å². The van der Waals surface area contributed by atoms with Crippen LogP contribution in [0.1, 0.15) is 27.0 Å². The SMILES string of the molecule is Cc1ccc2c(c1)CC(Cc1ccccc1)C2=O. The van der Waals surface area contributed by atoms with Crippen molar-refractivity contribution in [2.75, 3.05) is 0 Å². The lowest BCUT2D eigenvalue weighted by atomic mass is 9.96. The molecule has 2 aromatic rings. The van der Waals surface area contributed by atoms with E-state index < -0.39 is 0 Å². The Morgan fingerprint density at radius 3 is 2.67 bits per heavy atom. The third-order valence-electron chi connectivity index (χ3n) is 3.69. The topological polar surface area (TPSA) is 17.1 Å². The van der Waals surface area contributed by atoms with Crippen LogP contribution in [0.25, 0.3) is 0 Å². The lowest BCUT2D eigenvalue weighted by Gasteiger charge is -2.07. The summed E-state index contributed by atoms with van der Waals surface area (Å²) in [6.45, 7) is 2.08. The zero-order chi connectivity index (χ0) is 12.5. The second kappa shape index (κ2) is 4.41. The molecule has 0 heterocycles. The first-order valence-electron chi connectivity index (χ1n) is 6.42. The number of hydrogen-bond acceptors (Lipinski definition) is 1. The van der Waals surface area contributed by atoms with Gasteiger partial charge in [0.1, 0.15) is 0 Å².